The van der Waals surface area contributed by atoms with E-state index in [2.05, 4.69) is 4.98 Å². The highest BCUT2D eigenvalue weighted by molar-refractivity contribution is 5.72. The Bertz CT molecular complexity index is 304. The Morgan fingerprint density at radius 2 is 2.46 bits per heavy atom. The van der Waals surface area contributed by atoms with Crippen LogP contribution in [0.4, 0.5) is 5.82 Å². The monoisotopic (exact) mass is 175 g/mol. The van der Waals surface area contributed by atoms with Gasteiger partial charge in [-0.05, 0) is 12.1 Å². The Labute approximate surface area is 76.4 Å². The summed E-state index contributed by atoms with van der Waals surface area (Å²) in [6.07, 6.45) is 2.60. The predicted molar refractivity (Wildman–Crippen MR) is 47.9 cm³/mol. The molecule has 66 valence electrons. The Kier molecular flexibility index (Phi) is 3.45. The van der Waals surface area contributed by atoms with Gasteiger partial charge >= 0.3 is 0 Å². The standard InChI is InChI=1S/C9H9N3O/c10-5-3-7-12(8-13)9-4-1-2-6-11-9/h1-2,4,6,8H,3,7H2. The maximum Gasteiger partial charge on any atom is 0.215 e. The third-order valence-corrected chi connectivity index (χ3v) is 1.54. The van der Waals surface area contributed by atoms with Crippen LogP contribution in [0.25, 0.3) is 0 Å². The molecular formula is C9H9N3O. The molecular weight excluding hydrogens is 166 g/mol. The van der Waals surface area contributed by atoms with E-state index in [1.54, 1.807) is 24.4 Å². The van der Waals surface area contributed by atoms with Gasteiger partial charge in [0.2, 0.25) is 6.41 Å². The first-order valence-corrected chi connectivity index (χ1v) is 3.88. The van der Waals surface area contributed by atoms with Crippen LogP contribution in [0.1, 0.15) is 6.42 Å². The summed E-state index contributed by atoms with van der Waals surface area (Å²) in [7, 11) is 0. The Balaban J connectivity index is 2.68. The quantitative estimate of drug-likeness (QED) is 0.640. The highest BCUT2D eigenvalue weighted by atomic mass is 16.1. The lowest BCUT2D eigenvalue weighted by molar-refractivity contribution is -0.107. The number of anilines is 1. The molecule has 1 rings (SSSR count). The molecule has 0 fully saturated rings. The first kappa shape index (κ1) is 9.20. The summed E-state index contributed by atoms with van der Waals surface area (Å²) in [5.74, 6) is 0.577. The van der Waals surface area contributed by atoms with E-state index >= 15 is 0 Å². The van der Waals surface area contributed by atoms with E-state index in [9.17, 15) is 4.79 Å². The molecule has 0 spiro atoms. The first-order chi connectivity index (χ1) is 6.38. The van der Waals surface area contributed by atoms with Crippen LogP contribution in [0.3, 0.4) is 0 Å². The number of pyridine rings is 1. The van der Waals surface area contributed by atoms with E-state index in [0.717, 1.165) is 0 Å². The van der Waals surface area contributed by atoms with E-state index in [1.165, 1.54) is 4.90 Å². The number of aromatic nitrogens is 1. The van der Waals surface area contributed by atoms with Crippen LogP contribution >= 0.6 is 0 Å². The molecule has 1 heterocycles. The van der Waals surface area contributed by atoms with Gasteiger partial charge < -0.3 is 0 Å². The van der Waals surface area contributed by atoms with Crippen LogP contribution in [0.15, 0.2) is 24.4 Å². The lowest BCUT2D eigenvalue weighted by Crippen LogP contribution is -2.22. The van der Waals surface area contributed by atoms with Crippen molar-refractivity contribution in [2.75, 3.05) is 11.4 Å². The summed E-state index contributed by atoms with van der Waals surface area (Å²) < 4.78 is 0. The number of carbonyl (C=O) groups excluding carboxylic acids is 1. The van der Waals surface area contributed by atoms with E-state index in [1.807, 2.05) is 6.07 Å². The van der Waals surface area contributed by atoms with Gasteiger partial charge in [0.1, 0.15) is 5.82 Å². The SMILES string of the molecule is N#CCCN(C=O)c1ccccn1. The minimum Gasteiger partial charge on any atom is -0.298 e. The van der Waals surface area contributed by atoms with Crippen molar-refractivity contribution >= 4 is 12.2 Å². The normalized spacial score (nSPS) is 8.85. The summed E-state index contributed by atoms with van der Waals surface area (Å²) >= 11 is 0. The van der Waals surface area contributed by atoms with Gasteiger partial charge in [0.05, 0.1) is 12.5 Å². The van der Waals surface area contributed by atoms with Crippen LogP contribution in [-0.4, -0.2) is 17.9 Å². The number of rotatable bonds is 4. The van der Waals surface area contributed by atoms with E-state index in [-0.39, 0.29) is 0 Å². The zero-order valence-electron chi connectivity index (χ0n) is 7.05. The van der Waals surface area contributed by atoms with E-state index in [0.29, 0.717) is 25.2 Å². The van der Waals surface area contributed by atoms with Gasteiger partial charge in [0, 0.05) is 12.7 Å². The predicted octanol–water partition coefficient (Wildman–Crippen LogP) is 0.958. The zero-order chi connectivity index (χ0) is 9.52. The molecule has 0 aliphatic carbocycles. The minimum atomic E-state index is 0.315. The average Bonchev–Trinajstić information content (AvgIpc) is 2.21. The molecule has 0 aliphatic rings. The number of hydrogen-bond acceptors (Lipinski definition) is 3. The highest BCUT2D eigenvalue weighted by Gasteiger charge is 2.03. The van der Waals surface area contributed by atoms with Crippen LogP contribution in [0.2, 0.25) is 0 Å². The Morgan fingerprint density at radius 1 is 1.62 bits per heavy atom. The second kappa shape index (κ2) is 4.88. The van der Waals surface area contributed by atoms with Gasteiger partial charge in [-0.3, -0.25) is 9.69 Å². The maximum absolute atomic E-state index is 10.6. The fourth-order valence-corrected chi connectivity index (χ4v) is 0.915. The van der Waals surface area contributed by atoms with Crippen molar-refractivity contribution in [3.63, 3.8) is 0 Å². The maximum atomic E-state index is 10.6. The number of amides is 1. The largest absolute Gasteiger partial charge is 0.298 e. The zero-order valence-corrected chi connectivity index (χ0v) is 7.05. The number of nitrogens with zero attached hydrogens (tertiary/aromatic N) is 3. The summed E-state index contributed by atoms with van der Waals surface area (Å²) in [5.41, 5.74) is 0. The molecule has 1 aromatic heterocycles. The Morgan fingerprint density at radius 3 is 3.00 bits per heavy atom. The van der Waals surface area contributed by atoms with E-state index in [4.69, 9.17) is 5.26 Å². The van der Waals surface area contributed by atoms with Gasteiger partial charge in [-0.25, -0.2) is 4.98 Å². The molecule has 0 aliphatic heterocycles. The summed E-state index contributed by atoms with van der Waals surface area (Å²) in [6, 6.07) is 7.27. The number of nitriles is 1. The van der Waals surface area contributed by atoms with Crippen molar-refractivity contribution in [3.8, 4) is 6.07 Å². The van der Waals surface area contributed by atoms with Crippen LogP contribution in [0.5, 0.6) is 0 Å². The molecule has 0 radical (unpaired) electrons. The molecule has 0 saturated heterocycles. The topological polar surface area (TPSA) is 57.0 Å². The van der Waals surface area contributed by atoms with Crippen molar-refractivity contribution < 1.29 is 4.79 Å². The molecule has 0 bridgehead atoms. The lowest BCUT2D eigenvalue weighted by atomic mass is 10.4. The molecule has 4 heteroatoms. The van der Waals surface area contributed by atoms with Crippen molar-refractivity contribution in [1.82, 2.24) is 4.98 Å². The van der Waals surface area contributed by atoms with E-state index < -0.39 is 0 Å². The van der Waals surface area contributed by atoms with Crippen molar-refractivity contribution in [2.24, 2.45) is 0 Å². The van der Waals surface area contributed by atoms with Crippen molar-refractivity contribution in [2.45, 2.75) is 6.42 Å². The smallest absolute Gasteiger partial charge is 0.215 e. The van der Waals surface area contributed by atoms with Gasteiger partial charge in [-0.1, -0.05) is 6.07 Å². The molecule has 0 saturated carbocycles. The average molecular weight is 175 g/mol. The molecule has 13 heavy (non-hydrogen) atoms. The molecule has 1 amide bonds. The molecule has 0 N–H and O–H groups in total. The summed E-state index contributed by atoms with van der Waals surface area (Å²) in [6.45, 7) is 0.386. The van der Waals surface area contributed by atoms with Crippen molar-refractivity contribution in [3.05, 3.63) is 24.4 Å². The fourth-order valence-electron chi connectivity index (χ4n) is 0.915. The Hall–Kier alpha value is -1.89. The number of hydrogen-bond donors (Lipinski definition) is 0. The lowest BCUT2D eigenvalue weighted by Gasteiger charge is -2.13. The third kappa shape index (κ3) is 2.56. The molecule has 1 aromatic rings. The highest BCUT2D eigenvalue weighted by Crippen LogP contribution is 2.06. The fraction of sp³-hybridized carbons (Fsp3) is 0.222. The van der Waals surface area contributed by atoms with Gasteiger partial charge in [-0.2, -0.15) is 5.26 Å². The van der Waals surface area contributed by atoms with Crippen LogP contribution in [0, 0.1) is 11.3 Å². The molecule has 0 unspecified atom stereocenters. The van der Waals surface area contributed by atoms with Crippen molar-refractivity contribution in [1.29, 1.82) is 5.26 Å². The second-order valence-corrected chi connectivity index (χ2v) is 2.39. The van der Waals surface area contributed by atoms with Crippen LogP contribution in [-0.2, 0) is 4.79 Å². The third-order valence-electron chi connectivity index (χ3n) is 1.54. The minimum absolute atomic E-state index is 0.315. The molecule has 4 nitrogen and oxygen atoms in total. The molecule has 0 atom stereocenters. The van der Waals surface area contributed by atoms with Gasteiger partial charge in [0.25, 0.3) is 0 Å². The second-order valence-electron chi connectivity index (χ2n) is 2.39. The number of carbonyl (C=O) groups is 1. The van der Waals surface area contributed by atoms with Crippen LogP contribution < -0.4 is 4.90 Å². The molecule has 0 aromatic carbocycles. The van der Waals surface area contributed by atoms with Gasteiger partial charge in [-0.15, -0.1) is 0 Å². The van der Waals surface area contributed by atoms with Gasteiger partial charge in [0.15, 0.2) is 0 Å². The summed E-state index contributed by atoms with van der Waals surface area (Å²) in [5, 5.41) is 8.34. The summed E-state index contributed by atoms with van der Waals surface area (Å²) in [4.78, 5) is 16.0. The first-order valence-electron chi connectivity index (χ1n) is 3.88.